The summed E-state index contributed by atoms with van der Waals surface area (Å²) in [6.45, 7) is 2.14. The van der Waals surface area contributed by atoms with E-state index in [0.717, 1.165) is 102 Å². The molecule has 5 heterocycles. The lowest BCUT2D eigenvalue weighted by Gasteiger charge is -2.31. The number of hydrogen-bond acceptors (Lipinski definition) is 6. The van der Waals surface area contributed by atoms with Crippen molar-refractivity contribution in [3.63, 3.8) is 0 Å². The number of ether oxygens (including phenoxy) is 1. The number of nitrogens with one attached hydrogen (secondary N) is 2. The monoisotopic (exact) mass is 683 g/mol. The molecule has 51 heavy (non-hydrogen) atoms. The summed E-state index contributed by atoms with van der Waals surface area (Å²) in [4.78, 5) is 49.4. The zero-order valence-electron chi connectivity index (χ0n) is 29.3. The van der Waals surface area contributed by atoms with E-state index >= 15 is 0 Å². The van der Waals surface area contributed by atoms with Crippen molar-refractivity contribution in [2.75, 3.05) is 33.8 Å². The number of aromatic nitrogens is 4. The number of aromatic amines is 2. The standard InChI is InChI=1S/C41H45N7O3/c1-46(2)37(31-9-4-3-5-10-31)41(50)48-23-7-12-35(48)39-43-26-33(45-39)30-20-16-28(17-21-30)27-14-18-29(19-15-27)32-25-42-38(44-32)34-11-6-22-47(34)40(49)36-13-8-24-51-36/h3-5,9-10,14-21,25-26,34-37H,6-8,11-13,22-24H2,1-2H3,(H,42,44)(H,43,45)/t34?,35?,36?,37-/m1/s1. The quantitative estimate of drug-likeness (QED) is 0.174. The fourth-order valence-electron chi connectivity index (χ4n) is 8.03. The van der Waals surface area contributed by atoms with Gasteiger partial charge in [0.15, 0.2) is 0 Å². The third-order valence-corrected chi connectivity index (χ3v) is 10.7. The highest BCUT2D eigenvalue weighted by Crippen LogP contribution is 2.36. The van der Waals surface area contributed by atoms with Crippen LogP contribution in [0.15, 0.2) is 91.3 Å². The molecule has 10 heteroatoms. The van der Waals surface area contributed by atoms with Crippen molar-refractivity contribution >= 4 is 11.8 Å². The molecule has 3 aliphatic rings. The van der Waals surface area contributed by atoms with E-state index in [0.29, 0.717) is 6.61 Å². The van der Waals surface area contributed by atoms with Crippen LogP contribution in [0, 0.1) is 0 Å². The fourth-order valence-corrected chi connectivity index (χ4v) is 8.03. The van der Waals surface area contributed by atoms with Gasteiger partial charge in [0, 0.05) is 19.7 Å². The van der Waals surface area contributed by atoms with E-state index < -0.39 is 0 Å². The summed E-state index contributed by atoms with van der Waals surface area (Å²) in [6, 6.07) is 26.5. The average Bonchev–Trinajstić information content (AvgIpc) is 4.01. The Hall–Kier alpha value is -5.06. The summed E-state index contributed by atoms with van der Waals surface area (Å²) >= 11 is 0. The summed E-state index contributed by atoms with van der Waals surface area (Å²) in [5.41, 5.74) is 7.21. The molecule has 4 atom stereocenters. The molecule has 262 valence electrons. The lowest BCUT2D eigenvalue weighted by Crippen LogP contribution is -2.40. The molecule has 8 rings (SSSR count). The van der Waals surface area contributed by atoms with Crippen LogP contribution in [0.5, 0.6) is 0 Å². The molecule has 0 aliphatic carbocycles. The van der Waals surface area contributed by atoms with Gasteiger partial charge in [-0.15, -0.1) is 0 Å². The van der Waals surface area contributed by atoms with E-state index in [1.165, 1.54) is 0 Å². The number of amides is 2. The first-order chi connectivity index (χ1) is 24.9. The Kier molecular flexibility index (Phi) is 9.27. The number of H-pyrrole nitrogens is 2. The van der Waals surface area contributed by atoms with Gasteiger partial charge in [-0.05, 0) is 80.4 Å². The number of carbonyl (C=O) groups is 2. The van der Waals surface area contributed by atoms with Crippen molar-refractivity contribution in [2.45, 2.75) is 62.8 Å². The van der Waals surface area contributed by atoms with Gasteiger partial charge in [0.05, 0.1) is 35.9 Å². The molecule has 0 radical (unpaired) electrons. The van der Waals surface area contributed by atoms with E-state index in [1.54, 1.807) is 0 Å². The number of rotatable bonds is 9. The highest BCUT2D eigenvalue weighted by molar-refractivity contribution is 5.84. The molecule has 0 bridgehead atoms. The maximum atomic E-state index is 13.9. The second-order valence-electron chi connectivity index (χ2n) is 14.2. The molecule has 0 saturated carbocycles. The second-order valence-corrected chi connectivity index (χ2v) is 14.2. The smallest absolute Gasteiger partial charge is 0.252 e. The summed E-state index contributed by atoms with van der Waals surface area (Å²) < 4.78 is 5.68. The van der Waals surface area contributed by atoms with Crippen molar-refractivity contribution in [1.29, 1.82) is 0 Å². The van der Waals surface area contributed by atoms with Crippen LogP contribution in [0.25, 0.3) is 33.6 Å². The summed E-state index contributed by atoms with van der Waals surface area (Å²) in [7, 11) is 3.92. The molecule has 3 saturated heterocycles. The van der Waals surface area contributed by atoms with Crippen molar-refractivity contribution in [1.82, 2.24) is 34.6 Å². The van der Waals surface area contributed by atoms with Gasteiger partial charge in [0.2, 0.25) is 5.91 Å². The molecule has 3 aromatic carbocycles. The van der Waals surface area contributed by atoms with Gasteiger partial charge in [-0.3, -0.25) is 14.5 Å². The Morgan fingerprint density at radius 3 is 1.76 bits per heavy atom. The first kappa shape index (κ1) is 33.1. The second kappa shape index (κ2) is 14.3. The molecule has 3 aliphatic heterocycles. The van der Waals surface area contributed by atoms with E-state index in [1.807, 2.05) is 71.5 Å². The number of imidazole rings is 2. The Balaban J connectivity index is 0.930. The number of likely N-dealkylation sites (N-methyl/N-ethyl adjacent to an activating group) is 1. The topological polar surface area (TPSA) is 110 Å². The Bertz CT molecular complexity index is 1960. The number of hydrogen-bond donors (Lipinski definition) is 2. The lowest BCUT2D eigenvalue weighted by molar-refractivity contribution is -0.142. The molecule has 5 aromatic rings. The van der Waals surface area contributed by atoms with E-state index in [9.17, 15) is 9.59 Å². The molecule has 3 fully saturated rings. The van der Waals surface area contributed by atoms with E-state index in [2.05, 4.69) is 58.5 Å². The van der Waals surface area contributed by atoms with Crippen LogP contribution in [-0.4, -0.2) is 86.3 Å². The van der Waals surface area contributed by atoms with Crippen molar-refractivity contribution in [3.05, 3.63) is 108 Å². The van der Waals surface area contributed by atoms with Crippen LogP contribution in [0.1, 0.15) is 73.9 Å². The van der Waals surface area contributed by atoms with Crippen LogP contribution in [-0.2, 0) is 14.3 Å². The van der Waals surface area contributed by atoms with Crippen LogP contribution < -0.4 is 0 Å². The van der Waals surface area contributed by atoms with Gasteiger partial charge in [0.25, 0.3) is 5.91 Å². The van der Waals surface area contributed by atoms with Gasteiger partial charge in [-0.25, -0.2) is 9.97 Å². The zero-order chi connectivity index (χ0) is 34.9. The molecular weight excluding hydrogens is 638 g/mol. The minimum absolute atomic E-state index is 0.0335. The predicted molar refractivity (Wildman–Crippen MR) is 196 cm³/mol. The molecule has 3 unspecified atom stereocenters. The van der Waals surface area contributed by atoms with Crippen LogP contribution in [0.3, 0.4) is 0 Å². The Morgan fingerprint density at radius 2 is 1.24 bits per heavy atom. The summed E-state index contributed by atoms with van der Waals surface area (Å²) in [6.07, 6.45) is 8.91. The Morgan fingerprint density at radius 1 is 0.706 bits per heavy atom. The Labute approximate surface area is 298 Å². The number of benzene rings is 3. The minimum atomic E-state index is -0.337. The predicted octanol–water partition coefficient (Wildman–Crippen LogP) is 6.94. The lowest BCUT2D eigenvalue weighted by atomic mass is 10.0. The number of likely N-dealkylation sites (tertiary alicyclic amines) is 2. The van der Waals surface area contributed by atoms with Gasteiger partial charge >= 0.3 is 0 Å². The fraction of sp³-hybridized carbons (Fsp3) is 0.366. The summed E-state index contributed by atoms with van der Waals surface area (Å²) in [5, 5.41) is 0. The maximum Gasteiger partial charge on any atom is 0.252 e. The molecular formula is C41H45N7O3. The normalized spacial score (nSPS) is 21.1. The van der Waals surface area contributed by atoms with Gasteiger partial charge in [0.1, 0.15) is 23.8 Å². The van der Waals surface area contributed by atoms with Crippen molar-refractivity contribution in [2.24, 2.45) is 0 Å². The van der Waals surface area contributed by atoms with Crippen LogP contribution in [0.2, 0.25) is 0 Å². The third-order valence-electron chi connectivity index (χ3n) is 10.7. The molecule has 0 spiro atoms. The maximum absolute atomic E-state index is 13.9. The molecule has 2 aromatic heterocycles. The SMILES string of the molecule is CN(C)[C@@H](C(=O)N1CCCC1c1ncc(-c2ccc(-c3ccc(-c4cnc(C5CCCN5C(=O)C5CCCO5)[nH]4)cc3)cc2)[nH]1)c1ccccc1. The van der Waals surface area contributed by atoms with E-state index in [4.69, 9.17) is 14.7 Å². The molecule has 10 nitrogen and oxygen atoms in total. The first-order valence-electron chi connectivity index (χ1n) is 18.2. The van der Waals surface area contributed by atoms with Crippen molar-refractivity contribution < 1.29 is 14.3 Å². The summed E-state index contributed by atoms with van der Waals surface area (Å²) in [5.74, 6) is 1.88. The number of nitrogens with zero attached hydrogens (tertiary/aromatic N) is 5. The minimum Gasteiger partial charge on any atom is -0.368 e. The van der Waals surface area contributed by atoms with Crippen molar-refractivity contribution in [3.8, 4) is 33.6 Å². The third kappa shape index (κ3) is 6.61. The molecule has 2 N–H and O–H groups in total. The number of carbonyl (C=O) groups excluding carboxylic acids is 2. The highest BCUT2D eigenvalue weighted by Gasteiger charge is 2.38. The first-order valence-corrected chi connectivity index (χ1v) is 18.2. The molecule has 2 amide bonds. The van der Waals surface area contributed by atoms with Crippen LogP contribution in [0.4, 0.5) is 0 Å². The highest BCUT2D eigenvalue weighted by atomic mass is 16.5. The van der Waals surface area contributed by atoms with E-state index in [-0.39, 0.29) is 36.0 Å². The largest absolute Gasteiger partial charge is 0.368 e. The van der Waals surface area contributed by atoms with Gasteiger partial charge in [-0.1, -0.05) is 78.9 Å². The van der Waals surface area contributed by atoms with Gasteiger partial charge in [-0.2, -0.15) is 0 Å². The zero-order valence-corrected chi connectivity index (χ0v) is 29.3. The average molecular weight is 684 g/mol. The van der Waals surface area contributed by atoms with Crippen LogP contribution >= 0.6 is 0 Å². The van der Waals surface area contributed by atoms with Gasteiger partial charge < -0.3 is 24.5 Å².